The number of thioether (sulfide) groups is 1. The number of aromatic nitrogens is 2. The van der Waals surface area contributed by atoms with Gasteiger partial charge in [-0.05, 0) is 37.3 Å². The molecular formula is C15H19BrN4OS. The minimum atomic E-state index is -0.361. The van der Waals surface area contributed by atoms with E-state index >= 15 is 0 Å². The van der Waals surface area contributed by atoms with Crippen molar-refractivity contribution < 1.29 is 4.79 Å². The molecule has 1 aromatic carbocycles. The van der Waals surface area contributed by atoms with Crippen LogP contribution in [0.5, 0.6) is 0 Å². The van der Waals surface area contributed by atoms with Crippen molar-refractivity contribution in [1.82, 2.24) is 9.97 Å². The molecule has 0 aliphatic heterocycles. The van der Waals surface area contributed by atoms with Crippen LogP contribution in [-0.4, -0.2) is 35.2 Å². The molecule has 5 nitrogen and oxygen atoms in total. The maximum atomic E-state index is 11.4. The van der Waals surface area contributed by atoms with Gasteiger partial charge in [0.15, 0.2) is 5.16 Å². The Balaban J connectivity index is 2.69. The van der Waals surface area contributed by atoms with Crippen LogP contribution in [0, 0.1) is 6.92 Å². The van der Waals surface area contributed by atoms with Crippen LogP contribution in [-0.2, 0) is 4.79 Å². The largest absolute Gasteiger partial charge is 0.368 e. The van der Waals surface area contributed by atoms with Crippen LogP contribution < -0.4 is 10.6 Å². The van der Waals surface area contributed by atoms with E-state index in [0.717, 1.165) is 39.7 Å². The number of hydrogen-bond donors (Lipinski definition) is 1. The molecule has 0 spiro atoms. The van der Waals surface area contributed by atoms with Gasteiger partial charge in [-0.1, -0.05) is 34.6 Å². The second-order valence-corrected chi connectivity index (χ2v) is 6.62. The SMILES string of the molecule is CCCN(CC(N)=O)c1nc(SC)nc2c(C)c(Br)ccc12. The van der Waals surface area contributed by atoms with Gasteiger partial charge in [0.25, 0.3) is 0 Å². The molecule has 1 amide bonds. The summed E-state index contributed by atoms with van der Waals surface area (Å²) in [6, 6.07) is 3.97. The summed E-state index contributed by atoms with van der Waals surface area (Å²) in [5.41, 5.74) is 7.35. The number of anilines is 1. The topological polar surface area (TPSA) is 72.1 Å². The Kier molecular flexibility index (Phi) is 5.63. The van der Waals surface area contributed by atoms with Gasteiger partial charge in [0, 0.05) is 16.4 Å². The summed E-state index contributed by atoms with van der Waals surface area (Å²) >= 11 is 5.03. The molecule has 0 bridgehead atoms. The highest BCUT2D eigenvalue weighted by molar-refractivity contribution is 9.10. The molecule has 1 aromatic heterocycles. The summed E-state index contributed by atoms with van der Waals surface area (Å²) in [7, 11) is 0. The first-order valence-corrected chi connectivity index (χ1v) is 9.03. The summed E-state index contributed by atoms with van der Waals surface area (Å²) in [6.07, 6.45) is 2.85. The van der Waals surface area contributed by atoms with Gasteiger partial charge >= 0.3 is 0 Å². The lowest BCUT2D eigenvalue weighted by molar-refractivity contribution is -0.116. The second-order valence-electron chi connectivity index (χ2n) is 4.99. The molecule has 0 unspecified atom stereocenters. The van der Waals surface area contributed by atoms with Crippen molar-refractivity contribution >= 4 is 50.3 Å². The van der Waals surface area contributed by atoms with Crippen LogP contribution in [0.15, 0.2) is 21.8 Å². The van der Waals surface area contributed by atoms with Crippen molar-refractivity contribution in [2.45, 2.75) is 25.4 Å². The first-order valence-electron chi connectivity index (χ1n) is 7.02. The molecule has 0 radical (unpaired) electrons. The van der Waals surface area contributed by atoms with Crippen LogP contribution in [0.3, 0.4) is 0 Å². The average molecular weight is 383 g/mol. The van der Waals surface area contributed by atoms with E-state index in [4.69, 9.17) is 5.73 Å². The third-order valence-corrected chi connectivity index (χ3v) is 4.74. The minimum Gasteiger partial charge on any atom is -0.368 e. The second kappa shape index (κ2) is 7.28. The van der Waals surface area contributed by atoms with Crippen molar-refractivity contribution in [2.24, 2.45) is 5.73 Å². The first-order chi connectivity index (χ1) is 10.5. The zero-order valence-corrected chi connectivity index (χ0v) is 15.3. The van der Waals surface area contributed by atoms with Crippen molar-refractivity contribution in [1.29, 1.82) is 0 Å². The third kappa shape index (κ3) is 3.52. The van der Waals surface area contributed by atoms with Gasteiger partial charge in [0.2, 0.25) is 5.91 Å². The average Bonchev–Trinajstić information content (AvgIpc) is 2.49. The van der Waals surface area contributed by atoms with E-state index in [1.165, 1.54) is 11.8 Å². The van der Waals surface area contributed by atoms with Gasteiger partial charge in [-0.15, -0.1) is 0 Å². The number of nitrogens with zero attached hydrogens (tertiary/aromatic N) is 3. The van der Waals surface area contributed by atoms with Crippen LogP contribution in [0.2, 0.25) is 0 Å². The van der Waals surface area contributed by atoms with E-state index in [-0.39, 0.29) is 12.5 Å². The number of halogens is 1. The fourth-order valence-electron chi connectivity index (χ4n) is 2.32. The summed E-state index contributed by atoms with van der Waals surface area (Å²) in [5.74, 6) is 0.408. The molecule has 7 heteroatoms. The van der Waals surface area contributed by atoms with Gasteiger partial charge < -0.3 is 10.6 Å². The lowest BCUT2D eigenvalue weighted by Crippen LogP contribution is -2.35. The maximum absolute atomic E-state index is 11.4. The Bertz CT molecular complexity index is 707. The Labute approximate surface area is 142 Å². The molecule has 1 heterocycles. The highest BCUT2D eigenvalue weighted by Gasteiger charge is 2.17. The van der Waals surface area contributed by atoms with Crippen LogP contribution in [0.25, 0.3) is 10.9 Å². The minimum absolute atomic E-state index is 0.156. The molecule has 0 saturated carbocycles. The molecule has 0 saturated heterocycles. The first kappa shape index (κ1) is 17.0. The number of carbonyl (C=O) groups is 1. The molecule has 2 aromatic rings. The predicted molar refractivity (Wildman–Crippen MR) is 95.5 cm³/mol. The molecule has 118 valence electrons. The van der Waals surface area contributed by atoms with Gasteiger partial charge in [-0.3, -0.25) is 4.79 Å². The van der Waals surface area contributed by atoms with Crippen molar-refractivity contribution in [3.8, 4) is 0 Å². The number of primary amides is 1. The summed E-state index contributed by atoms with van der Waals surface area (Å²) in [4.78, 5) is 22.6. The number of aryl methyl sites for hydroxylation is 1. The number of hydrogen-bond acceptors (Lipinski definition) is 5. The normalized spacial score (nSPS) is 10.9. The van der Waals surface area contributed by atoms with Gasteiger partial charge in [0.1, 0.15) is 5.82 Å². The lowest BCUT2D eigenvalue weighted by Gasteiger charge is -2.23. The van der Waals surface area contributed by atoms with Gasteiger partial charge in [-0.2, -0.15) is 0 Å². The number of rotatable bonds is 6. The standard InChI is InChI=1S/C15H19BrN4OS/c1-4-7-20(8-12(17)21)14-10-5-6-11(16)9(2)13(10)18-15(19-14)22-3/h5-6H,4,7-8H2,1-3H3,(H2,17,21). The third-order valence-electron chi connectivity index (χ3n) is 3.34. The monoisotopic (exact) mass is 382 g/mol. The van der Waals surface area contributed by atoms with E-state index in [9.17, 15) is 4.79 Å². The molecule has 2 N–H and O–H groups in total. The van der Waals surface area contributed by atoms with Crippen LogP contribution >= 0.6 is 27.7 Å². The number of amides is 1. The van der Waals surface area contributed by atoms with E-state index in [1.807, 2.05) is 30.2 Å². The Morgan fingerprint density at radius 2 is 2.14 bits per heavy atom. The molecule has 0 aliphatic carbocycles. The number of carbonyl (C=O) groups excluding carboxylic acids is 1. The van der Waals surface area contributed by atoms with E-state index in [1.54, 1.807) is 0 Å². The van der Waals surface area contributed by atoms with E-state index in [2.05, 4.69) is 32.8 Å². The van der Waals surface area contributed by atoms with Gasteiger partial charge in [-0.25, -0.2) is 9.97 Å². The van der Waals surface area contributed by atoms with Crippen molar-refractivity contribution in [3.63, 3.8) is 0 Å². The van der Waals surface area contributed by atoms with E-state index < -0.39 is 0 Å². The van der Waals surface area contributed by atoms with Crippen LogP contribution in [0.4, 0.5) is 5.82 Å². The molecule has 0 fully saturated rings. The fourth-order valence-corrected chi connectivity index (χ4v) is 3.00. The smallest absolute Gasteiger partial charge is 0.236 e. The molecule has 0 aliphatic rings. The summed E-state index contributed by atoms with van der Waals surface area (Å²) in [5, 5.41) is 1.63. The number of benzene rings is 1. The van der Waals surface area contributed by atoms with Crippen molar-refractivity contribution in [3.05, 3.63) is 22.2 Å². The fraction of sp³-hybridized carbons (Fsp3) is 0.400. The Hall–Kier alpha value is -1.34. The zero-order valence-electron chi connectivity index (χ0n) is 12.9. The maximum Gasteiger partial charge on any atom is 0.236 e. The van der Waals surface area contributed by atoms with Crippen molar-refractivity contribution in [2.75, 3.05) is 24.2 Å². The van der Waals surface area contributed by atoms with Crippen LogP contribution in [0.1, 0.15) is 18.9 Å². The quantitative estimate of drug-likeness (QED) is 0.613. The molecular weight excluding hydrogens is 364 g/mol. The molecule has 22 heavy (non-hydrogen) atoms. The molecule has 2 rings (SSSR count). The van der Waals surface area contributed by atoms with E-state index in [0.29, 0.717) is 5.16 Å². The Morgan fingerprint density at radius 3 is 2.73 bits per heavy atom. The van der Waals surface area contributed by atoms with Gasteiger partial charge in [0.05, 0.1) is 12.1 Å². The zero-order chi connectivity index (χ0) is 16.3. The number of fused-ring (bicyclic) bond motifs is 1. The lowest BCUT2D eigenvalue weighted by atomic mass is 10.1. The summed E-state index contributed by atoms with van der Waals surface area (Å²) in [6.45, 7) is 4.96. The molecule has 0 atom stereocenters. The Morgan fingerprint density at radius 1 is 1.41 bits per heavy atom. The summed E-state index contributed by atoms with van der Waals surface area (Å²) < 4.78 is 1.01. The number of nitrogens with two attached hydrogens (primary N) is 1. The highest BCUT2D eigenvalue weighted by atomic mass is 79.9. The predicted octanol–water partition coefficient (Wildman–Crippen LogP) is 3.12. The highest BCUT2D eigenvalue weighted by Crippen LogP contribution is 2.31.